The number of likely N-dealkylation sites (tertiary alicyclic amines) is 1. The number of hydrogen-bond donors (Lipinski definition) is 0. The van der Waals surface area contributed by atoms with Gasteiger partial charge in [-0.25, -0.2) is 9.78 Å². The van der Waals surface area contributed by atoms with Crippen molar-refractivity contribution >= 4 is 71.3 Å². The Balaban J connectivity index is 2.11. The van der Waals surface area contributed by atoms with Crippen LogP contribution in [0.3, 0.4) is 0 Å². The van der Waals surface area contributed by atoms with Crippen molar-refractivity contribution in [1.82, 2.24) is 14.3 Å². The lowest BCUT2D eigenvalue weighted by Gasteiger charge is -2.37. The molecule has 12 heteroatoms. The highest BCUT2D eigenvalue weighted by Gasteiger charge is 2.53. The van der Waals surface area contributed by atoms with Crippen molar-refractivity contribution in [3.63, 3.8) is 0 Å². The first-order valence-corrected chi connectivity index (χ1v) is 16.7. The third-order valence-electron chi connectivity index (χ3n) is 5.75. The van der Waals surface area contributed by atoms with Crippen LogP contribution in [0.5, 0.6) is 0 Å². The molecule has 0 N–H and O–H groups in total. The first-order valence-electron chi connectivity index (χ1n) is 11.1. The van der Waals surface area contributed by atoms with Gasteiger partial charge in [-0.1, -0.05) is 45.2 Å². The van der Waals surface area contributed by atoms with E-state index in [2.05, 4.69) is 45.4 Å². The Kier molecular flexibility index (Phi) is 9.13. The molecule has 3 heterocycles. The smallest absolute Gasteiger partial charge is 0.412 e. The molecule has 3 rings (SSSR count). The van der Waals surface area contributed by atoms with Gasteiger partial charge < -0.3 is 13.9 Å². The van der Waals surface area contributed by atoms with Gasteiger partial charge in [0.2, 0.25) is 9.67 Å². The summed E-state index contributed by atoms with van der Waals surface area (Å²) < 4.78 is 20.6. The lowest BCUT2D eigenvalue weighted by molar-refractivity contribution is -0.0266. The van der Waals surface area contributed by atoms with Crippen molar-refractivity contribution in [2.24, 2.45) is 11.3 Å². The molecule has 0 spiro atoms. The Hall–Kier alpha value is -1.11. The fraction of sp³-hybridized carbons (Fsp3) is 0.591. The van der Waals surface area contributed by atoms with Crippen molar-refractivity contribution < 1.29 is 18.7 Å². The number of halogens is 1. The number of fused-ring (bicyclic) bond motifs is 1. The van der Waals surface area contributed by atoms with Crippen molar-refractivity contribution in [3.05, 3.63) is 35.2 Å². The number of imidazole rings is 1. The van der Waals surface area contributed by atoms with Crippen LogP contribution in [0.15, 0.2) is 25.0 Å². The standard InChI is InChI=1S/C22H32ClN3O4S3Si/c1-8-9-28-20(27)26-14(10-13(22(2,3)4)18(26)30-34(6)7)17(29-21(31)32-5)15-12-25-16(33-15)11-24-19(25)23/h8,11-14,17-18,34H,1,9-10H2,2-7H3/t13-,14-,17?,18?/m0/s1. The lowest BCUT2D eigenvalue weighted by Crippen LogP contribution is -2.49. The average Bonchev–Trinajstić information content (AvgIpc) is 3.43. The monoisotopic (exact) mass is 561 g/mol. The van der Waals surface area contributed by atoms with Crippen LogP contribution in [0.25, 0.3) is 4.83 Å². The topological polar surface area (TPSA) is 65.3 Å². The highest BCUT2D eigenvalue weighted by atomic mass is 35.5. The number of thioether (sulfide) groups is 1. The van der Waals surface area contributed by atoms with E-state index in [0.29, 0.717) is 16.1 Å². The second-order valence-corrected chi connectivity index (χ2v) is 14.7. The molecule has 0 aromatic carbocycles. The number of carbonyl (C=O) groups is 1. The molecular formula is C22H32ClN3O4S3Si. The van der Waals surface area contributed by atoms with Gasteiger partial charge in [0, 0.05) is 12.1 Å². The minimum atomic E-state index is -1.50. The second kappa shape index (κ2) is 11.3. The molecular weight excluding hydrogens is 530 g/mol. The van der Waals surface area contributed by atoms with E-state index in [0.717, 1.165) is 9.71 Å². The van der Waals surface area contributed by atoms with Crippen LogP contribution >= 0.6 is 46.9 Å². The summed E-state index contributed by atoms with van der Waals surface area (Å²) in [6.45, 7) is 14.5. The Bertz CT molecular complexity index is 1040. The summed E-state index contributed by atoms with van der Waals surface area (Å²) in [5.74, 6) is 0.0776. The fourth-order valence-corrected chi connectivity index (χ4v) is 6.69. The second-order valence-electron chi connectivity index (χ2n) is 9.49. The van der Waals surface area contributed by atoms with Gasteiger partial charge in [0.15, 0.2) is 15.1 Å². The fourth-order valence-electron chi connectivity index (χ4n) is 4.21. The van der Waals surface area contributed by atoms with Gasteiger partial charge in [-0.3, -0.25) is 9.30 Å². The molecule has 1 saturated heterocycles. The highest BCUT2D eigenvalue weighted by molar-refractivity contribution is 8.22. The third-order valence-corrected chi connectivity index (χ3v) is 8.96. The molecule has 1 amide bonds. The first kappa shape index (κ1) is 27.5. The number of ether oxygens (including phenoxy) is 2. The van der Waals surface area contributed by atoms with E-state index in [-0.39, 0.29) is 24.0 Å². The average molecular weight is 562 g/mol. The number of rotatable bonds is 7. The summed E-state index contributed by atoms with van der Waals surface area (Å²) in [5.41, 5.74) is -0.111. The van der Waals surface area contributed by atoms with Gasteiger partial charge in [0.1, 0.15) is 17.7 Å². The van der Waals surface area contributed by atoms with Crippen molar-refractivity contribution in [3.8, 4) is 0 Å². The van der Waals surface area contributed by atoms with E-state index in [1.807, 2.05) is 16.9 Å². The maximum atomic E-state index is 13.4. The Morgan fingerprint density at radius 2 is 2.21 bits per heavy atom. The molecule has 0 saturated carbocycles. The van der Waals surface area contributed by atoms with Gasteiger partial charge in [-0.05, 0) is 55.0 Å². The number of amides is 1. The minimum Gasteiger partial charge on any atom is -0.467 e. The molecule has 1 aliphatic rings. The van der Waals surface area contributed by atoms with E-state index >= 15 is 0 Å². The molecule has 7 nitrogen and oxygen atoms in total. The number of nitrogens with zero attached hydrogens (tertiary/aromatic N) is 3. The van der Waals surface area contributed by atoms with Crippen LogP contribution in [0.1, 0.15) is 38.2 Å². The van der Waals surface area contributed by atoms with Gasteiger partial charge in [0.25, 0.3) is 0 Å². The quantitative estimate of drug-likeness (QED) is 0.228. The molecule has 0 aliphatic carbocycles. The number of hydrogen-bond acceptors (Lipinski definition) is 8. The Morgan fingerprint density at radius 1 is 1.50 bits per heavy atom. The molecule has 2 aromatic rings. The van der Waals surface area contributed by atoms with Crippen molar-refractivity contribution in [2.75, 3.05) is 12.9 Å². The summed E-state index contributed by atoms with van der Waals surface area (Å²) in [5, 5.41) is 0.372. The molecule has 4 atom stereocenters. The maximum Gasteiger partial charge on any atom is 0.412 e. The van der Waals surface area contributed by atoms with Gasteiger partial charge >= 0.3 is 6.09 Å². The van der Waals surface area contributed by atoms with Crippen LogP contribution in [-0.4, -0.2) is 58.9 Å². The van der Waals surface area contributed by atoms with Crippen molar-refractivity contribution in [1.29, 1.82) is 0 Å². The van der Waals surface area contributed by atoms with E-state index in [4.69, 9.17) is 37.7 Å². The zero-order valence-electron chi connectivity index (χ0n) is 20.3. The van der Waals surface area contributed by atoms with Gasteiger partial charge in [-0.15, -0.1) is 11.3 Å². The van der Waals surface area contributed by atoms with E-state index in [9.17, 15) is 4.79 Å². The number of aromatic nitrogens is 2. The molecule has 2 unspecified atom stereocenters. The minimum absolute atomic E-state index is 0.0776. The molecule has 0 bridgehead atoms. The molecule has 1 fully saturated rings. The van der Waals surface area contributed by atoms with Crippen LogP contribution in [0, 0.1) is 11.3 Å². The summed E-state index contributed by atoms with van der Waals surface area (Å²) >= 11 is 14.6. The number of thiazole rings is 1. The van der Waals surface area contributed by atoms with Gasteiger partial charge in [-0.2, -0.15) is 0 Å². The van der Waals surface area contributed by atoms with Crippen LogP contribution in [0.4, 0.5) is 4.79 Å². The zero-order chi connectivity index (χ0) is 25.2. The summed E-state index contributed by atoms with van der Waals surface area (Å²) in [4.78, 5) is 21.1. The van der Waals surface area contributed by atoms with Crippen molar-refractivity contribution in [2.45, 2.75) is 58.7 Å². The number of carbonyl (C=O) groups excluding carboxylic acids is 1. The van der Waals surface area contributed by atoms with E-state index in [1.165, 1.54) is 23.1 Å². The summed E-state index contributed by atoms with van der Waals surface area (Å²) in [7, 11) is -1.50. The SMILES string of the molecule is C=CCOC(=O)N1C(O[SiH](C)C)[C@@H](C(C)(C)C)C[C@H]1C(OC(=S)SC)c1cn2c(Cl)ncc2s1. The van der Waals surface area contributed by atoms with Gasteiger partial charge in [0.05, 0.1) is 17.1 Å². The molecule has 0 radical (unpaired) electrons. The Morgan fingerprint density at radius 3 is 2.76 bits per heavy atom. The van der Waals surface area contributed by atoms with Crippen LogP contribution in [-0.2, 0) is 13.9 Å². The molecule has 1 aliphatic heterocycles. The predicted molar refractivity (Wildman–Crippen MR) is 147 cm³/mol. The van der Waals surface area contributed by atoms with Crippen LogP contribution < -0.4 is 0 Å². The molecule has 188 valence electrons. The highest BCUT2D eigenvalue weighted by Crippen LogP contribution is 2.48. The van der Waals surface area contributed by atoms with E-state index in [1.54, 1.807) is 17.2 Å². The molecule has 34 heavy (non-hydrogen) atoms. The lowest BCUT2D eigenvalue weighted by atomic mass is 9.78. The third kappa shape index (κ3) is 5.99. The summed E-state index contributed by atoms with van der Waals surface area (Å²) in [6, 6.07) is -0.348. The maximum absolute atomic E-state index is 13.4. The molecule has 2 aromatic heterocycles. The Labute approximate surface area is 221 Å². The van der Waals surface area contributed by atoms with Crippen LogP contribution in [0.2, 0.25) is 18.4 Å². The predicted octanol–water partition coefficient (Wildman–Crippen LogP) is 6.14. The zero-order valence-corrected chi connectivity index (χ0v) is 24.7. The summed E-state index contributed by atoms with van der Waals surface area (Å²) in [6.07, 6.45) is 6.38. The normalized spacial score (nSPS) is 21.8. The number of thiocarbonyl (C=S) groups is 1. The first-order chi connectivity index (χ1) is 16.0. The largest absolute Gasteiger partial charge is 0.467 e. The van der Waals surface area contributed by atoms with E-state index < -0.39 is 27.5 Å².